The summed E-state index contributed by atoms with van der Waals surface area (Å²) in [6.45, 7) is 5.07. The summed E-state index contributed by atoms with van der Waals surface area (Å²) in [5.41, 5.74) is 0.0390. The van der Waals surface area contributed by atoms with Crippen LogP contribution in [-0.4, -0.2) is 39.3 Å². The van der Waals surface area contributed by atoms with Gasteiger partial charge in [0.15, 0.2) is 5.76 Å². The Morgan fingerprint density at radius 2 is 2.21 bits per heavy atom. The van der Waals surface area contributed by atoms with Gasteiger partial charge in [-0.2, -0.15) is 0 Å². The van der Waals surface area contributed by atoms with Crippen molar-refractivity contribution in [2.75, 3.05) is 33.4 Å². The second-order valence-corrected chi connectivity index (χ2v) is 5.28. The van der Waals surface area contributed by atoms with Crippen LogP contribution in [0.15, 0.2) is 16.5 Å². The molecule has 1 amide bonds. The molecule has 0 spiro atoms. The van der Waals surface area contributed by atoms with Crippen LogP contribution >= 0.6 is 0 Å². The molecule has 1 aromatic rings. The third-order valence-corrected chi connectivity index (χ3v) is 3.70. The van der Waals surface area contributed by atoms with E-state index in [-0.39, 0.29) is 11.3 Å². The lowest BCUT2D eigenvalue weighted by molar-refractivity contribution is 0.0506. The highest BCUT2D eigenvalue weighted by Gasteiger charge is 2.32. The quantitative estimate of drug-likeness (QED) is 0.844. The number of aryl methyl sites for hydroxylation is 1. The van der Waals surface area contributed by atoms with Crippen LogP contribution in [0.2, 0.25) is 0 Å². The van der Waals surface area contributed by atoms with E-state index < -0.39 is 0 Å². The number of amides is 1. The van der Waals surface area contributed by atoms with Gasteiger partial charge in [-0.05, 0) is 45.0 Å². The molecule has 0 aromatic carbocycles. The number of ether oxygens (including phenoxy) is 1. The smallest absolute Gasteiger partial charge is 0.287 e. The van der Waals surface area contributed by atoms with Crippen LogP contribution in [0, 0.1) is 12.3 Å². The van der Waals surface area contributed by atoms with Crippen molar-refractivity contribution in [1.82, 2.24) is 10.6 Å². The van der Waals surface area contributed by atoms with Gasteiger partial charge in [-0.1, -0.05) is 0 Å². The monoisotopic (exact) mass is 266 g/mol. The Hall–Kier alpha value is -1.33. The molecule has 19 heavy (non-hydrogen) atoms. The van der Waals surface area contributed by atoms with E-state index in [4.69, 9.17) is 9.15 Å². The topological polar surface area (TPSA) is 63.5 Å². The number of hydrogen-bond acceptors (Lipinski definition) is 4. The summed E-state index contributed by atoms with van der Waals surface area (Å²) in [5.74, 6) is 0.972. The van der Waals surface area contributed by atoms with Crippen molar-refractivity contribution in [3.63, 3.8) is 0 Å². The summed E-state index contributed by atoms with van der Waals surface area (Å²) in [6.07, 6.45) is 2.02. The van der Waals surface area contributed by atoms with Crippen LogP contribution in [0.5, 0.6) is 0 Å². The maximum absolute atomic E-state index is 12.0. The fourth-order valence-electron chi connectivity index (χ4n) is 2.55. The van der Waals surface area contributed by atoms with E-state index in [1.807, 2.05) is 6.92 Å². The number of carbonyl (C=O) groups is 1. The fraction of sp³-hybridized carbons (Fsp3) is 0.643. The Morgan fingerprint density at radius 1 is 1.47 bits per heavy atom. The SMILES string of the molecule is COCC1(CNC(=O)c2ccc(C)o2)CCNCC1. The van der Waals surface area contributed by atoms with Crippen LogP contribution in [0.3, 0.4) is 0 Å². The maximum Gasteiger partial charge on any atom is 0.287 e. The van der Waals surface area contributed by atoms with Crippen LogP contribution in [0.25, 0.3) is 0 Å². The van der Waals surface area contributed by atoms with Gasteiger partial charge in [0.05, 0.1) is 6.61 Å². The van der Waals surface area contributed by atoms with Crippen LogP contribution in [0.1, 0.15) is 29.2 Å². The number of furan rings is 1. The number of piperidine rings is 1. The van der Waals surface area contributed by atoms with Crippen LogP contribution in [0.4, 0.5) is 0 Å². The molecular formula is C14H22N2O3. The van der Waals surface area contributed by atoms with E-state index in [2.05, 4.69) is 10.6 Å². The van der Waals surface area contributed by atoms with Gasteiger partial charge in [-0.15, -0.1) is 0 Å². The minimum Gasteiger partial charge on any atom is -0.456 e. The Morgan fingerprint density at radius 3 is 2.79 bits per heavy atom. The molecule has 1 aromatic heterocycles. The normalized spacial score (nSPS) is 18.2. The Bertz CT molecular complexity index is 417. The number of hydrogen-bond donors (Lipinski definition) is 2. The Labute approximate surface area is 113 Å². The van der Waals surface area contributed by atoms with Crippen molar-refractivity contribution >= 4 is 5.91 Å². The van der Waals surface area contributed by atoms with E-state index in [0.29, 0.717) is 18.9 Å². The summed E-state index contributed by atoms with van der Waals surface area (Å²) in [7, 11) is 1.71. The standard InChI is InChI=1S/C14H22N2O3/c1-11-3-4-12(19-11)13(17)16-9-14(10-18-2)5-7-15-8-6-14/h3-4,15H,5-10H2,1-2H3,(H,16,17). The molecule has 1 saturated heterocycles. The molecule has 5 nitrogen and oxygen atoms in total. The Kier molecular flexibility index (Phi) is 4.61. The predicted molar refractivity (Wildman–Crippen MR) is 72.2 cm³/mol. The van der Waals surface area contributed by atoms with Gasteiger partial charge in [0.1, 0.15) is 5.76 Å². The molecule has 1 fully saturated rings. The minimum absolute atomic E-state index is 0.0390. The lowest BCUT2D eigenvalue weighted by atomic mass is 9.79. The Balaban J connectivity index is 1.93. The molecule has 2 N–H and O–H groups in total. The van der Waals surface area contributed by atoms with Gasteiger partial charge in [0, 0.05) is 19.1 Å². The second kappa shape index (κ2) is 6.21. The van der Waals surface area contributed by atoms with E-state index in [1.54, 1.807) is 19.2 Å². The maximum atomic E-state index is 12.0. The molecule has 1 aliphatic heterocycles. The van der Waals surface area contributed by atoms with E-state index >= 15 is 0 Å². The molecule has 0 bridgehead atoms. The van der Waals surface area contributed by atoms with Crippen molar-refractivity contribution < 1.29 is 13.9 Å². The molecule has 106 valence electrons. The zero-order chi connectivity index (χ0) is 13.7. The van der Waals surface area contributed by atoms with Gasteiger partial charge in [0.25, 0.3) is 5.91 Å². The third kappa shape index (κ3) is 3.58. The highest BCUT2D eigenvalue weighted by molar-refractivity contribution is 5.91. The average molecular weight is 266 g/mol. The number of nitrogens with one attached hydrogen (secondary N) is 2. The van der Waals surface area contributed by atoms with Crippen LogP contribution < -0.4 is 10.6 Å². The third-order valence-electron chi connectivity index (χ3n) is 3.70. The van der Waals surface area contributed by atoms with Gasteiger partial charge in [0.2, 0.25) is 0 Å². The molecule has 5 heteroatoms. The average Bonchev–Trinajstić information content (AvgIpc) is 2.84. The highest BCUT2D eigenvalue weighted by atomic mass is 16.5. The largest absolute Gasteiger partial charge is 0.456 e. The molecule has 0 saturated carbocycles. The van der Waals surface area contributed by atoms with Crippen molar-refractivity contribution in [3.05, 3.63) is 23.7 Å². The summed E-state index contributed by atoms with van der Waals surface area (Å²) < 4.78 is 10.6. The summed E-state index contributed by atoms with van der Waals surface area (Å²) in [5, 5.41) is 6.30. The zero-order valence-corrected chi connectivity index (χ0v) is 11.6. The van der Waals surface area contributed by atoms with Gasteiger partial charge in [-0.25, -0.2) is 0 Å². The van der Waals surface area contributed by atoms with Gasteiger partial charge < -0.3 is 19.8 Å². The van der Waals surface area contributed by atoms with Crippen LogP contribution in [-0.2, 0) is 4.74 Å². The van der Waals surface area contributed by atoms with Crippen molar-refractivity contribution in [1.29, 1.82) is 0 Å². The first kappa shape index (κ1) is 14.1. The highest BCUT2D eigenvalue weighted by Crippen LogP contribution is 2.28. The summed E-state index contributed by atoms with van der Waals surface area (Å²) in [4.78, 5) is 12.0. The van der Waals surface area contributed by atoms with E-state index in [0.717, 1.165) is 31.7 Å². The molecule has 0 unspecified atom stereocenters. The molecule has 1 aliphatic rings. The summed E-state index contributed by atoms with van der Waals surface area (Å²) in [6, 6.07) is 3.50. The number of rotatable bonds is 5. The van der Waals surface area contributed by atoms with Gasteiger partial charge in [-0.3, -0.25) is 4.79 Å². The zero-order valence-electron chi connectivity index (χ0n) is 11.6. The molecule has 2 rings (SSSR count). The first-order chi connectivity index (χ1) is 9.15. The van der Waals surface area contributed by atoms with Crippen molar-refractivity contribution in [3.8, 4) is 0 Å². The molecule has 2 heterocycles. The predicted octanol–water partition coefficient (Wildman–Crippen LogP) is 1.33. The lowest BCUT2D eigenvalue weighted by Gasteiger charge is -2.37. The lowest BCUT2D eigenvalue weighted by Crippen LogP contribution is -2.47. The summed E-state index contributed by atoms with van der Waals surface area (Å²) >= 11 is 0. The molecule has 0 aliphatic carbocycles. The number of methoxy groups -OCH3 is 1. The molecule has 0 atom stereocenters. The molecular weight excluding hydrogens is 244 g/mol. The molecule has 0 radical (unpaired) electrons. The van der Waals surface area contributed by atoms with E-state index in [9.17, 15) is 4.79 Å². The first-order valence-corrected chi connectivity index (χ1v) is 6.69. The second-order valence-electron chi connectivity index (χ2n) is 5.28. The van der Waals surface area contributed by atoms with Gasteiger partial charge >= 0.3 is 0 Å². The fourth-order valence-corrected chi connectivity index (χ4v) is 2.55. The first-order valence-electron chi connectivity index (χ1n) is 6.69. The van der Waals surface area contributed by atoms with Crippen molar-refractivity contribution in [2.24, 2.45) is 5.41 Å². The van der Waals surface area contributed by atoms with E-state index in [1.165, 1.54) is 0 Å². The minimum atomic E-state index is -0.151. The number of carbonyl (C=O) groups excluding carboxylic acids is 1. The van der Waals surface area contributed by atoms with Crippen molar-refractivity contribution in [2.45, 2.75) is 19.8 Å².